The quantitative estimate of drug-likeness (QED) is 0.612. The van der Waals surface area contributed by atoms with E-state index in [4.69, 9.17) is 6.42 Å². The summed E-state index contributed by atoms with van der Waals surface area (Å²) in [5.74, 6) is 2.34. The lowest BCUT2D eigenvalue weighted by molar-refractivity contribution is 0.628. The summed E-state index contributed by atoms with van der Waals surface area (Å²) in [5.41, 5.74) is 2.48. The minimum absolute atomic E-state index is 0.251. The number of terminal acetylenes is 1. The van der Waals surface area contributed by atoms with Crippen molar-refractivity contribution >= 4 is 0 Å². The number of hydrogen-bond donors (Lipinski definition) is 0. The Morgan fingerprint density at radius 3 is 2.53 bits per heavy atom. The van der Waals surface area contributed by atoms with Crippen LogP contribution < -0.4 is 0 Å². The third-order valence-electron chi connectivity index (χ3n) is 2.22. The molecule has 0 aromatic heterocycles. The molecular weight excluding hydrogens is 187 g/mol. The summed E-state index contributed by atoms with van der Waals surface area (Å²) >= 11 is 0. The average Bonchev–Trinajstić information content (AvgIpc) is 2.29. The van der Waals surface area contributed by atoms with Gasteiger partial charge in [-0.05, 0) is 29.3 Å². The maximum absolute atomic E-state index is 13.0. The molecule has 2 aromatic carbocycles. The van der Waals surface area contributed by atoms with Gasteiger partial charge in [0.15, 0.2) is 0 Å². The minimum Gasteiger partial charge on any atom is -0.207 e. The topological polar surface area (TPSA) is 0 Å². The molecule has 2 rings (SSSR count). The number of rotatable bonds is 1. The van der Waals surface area contributed by atoms with E-state index in [0.717, 1.165) is 16.7 Å². The zero-order valence-electron chi connectivity index (χ0n) is 8.07. The van der Waals surface area contributed by atoms with Gasteiger partial charge in [-0.2, -0.15) is 0 Å². The van der Waals surface area contributed by atoms with Crippen LogP contribution in [0.25, 0.3) is 11.1 Å². The van der Waals surface area contributed by atoms with Gasteiger partial charge in [-0.25, -0.2) is 4.39 Å². The van der Waals surface area contributed by atoms with Gasteiger partial charge in [0.25, 0.3) is 0 Å². The van der Waals surface area contributed by atoms with Crippen LogP contribution in [0.5, 0.6) is 0 Å². The zero-order valence-corrected chi connectivity index (χ0v) is 8.07. The molecule has 0 aliphatic rings. The molecule has 0 unspecified atom stereocenters. The molecule has 0 radical (unpaired) electrons. The molecule has 0 bridgehead atoms. The molecule has 2 aromatic rings. The van der Waals surface area contributed by atoms with Gasteiger partial charge in [0.05, 0.1) is 0 Å². The van der Waals surface area contributed by atoms with Crippen molar-refractivity contribution in [2.45, 2.75) is 0 Å². The van der Waals surface area contributed by atoms with Gasteiger partial charge >= 0.3 is 0 Å². The minimum atomic E-state index is -0.251. The second-order valence-corrected chi connectivity index (χ2v) is 3.20. The van der Waals surface area contributed by atoms with Crippen LogP contribution in [0.15, 0.2) is 48.5 Å². The number of hydrogen-bond acceptors (Lipinski definition) is 0. The van der Waals surface area contributed by atoms with E-state index in [9.17, 15) is 4.39 Å². The highest BCUT2D eigenvalue weighted by atomic mass is 19.1. The molecular formula is C14H9F. The maximum Gasteiger partial charge on any atom is 0.123 e. The first-order valence-electron chi connectivity index (χ1n) is 4.63. The normalized spacial score (nSPS) is 9.60. The van der Waals surface area contributed by atoms with E-state index in [-0.39, 0.29) is 5.82 Å². The summed E-state index contributed by atoms with van der Waals surface area (Å²) in [6.45, 7) is 0. The van der Waals surface area contributed by atoms with Crippen molar-refractivity contribution in [1.29, 1.82) is 0 Å². The van der Waals surface area contributed by atoms with E-state index >= 15 is 0 Å². The standard InChI is InChI=1S/C14H9F/c1-2-11-6-3-4-9-14(11)12-7-5-8-13(15)10-12/h1,3-10H. The third-order valence-corrected chi connectivity index (χ3v) is 2.22. The summed E-state index contributed by atoms with van der Waals surface area (Å²) < 4.78 is 13.0. The second kappa shape index (κ2) is 3.98. The maximum atomic E-state index is 13.0. The van der Waals surface area contributed by atoms with Crippen LogP contribution in [0.1, 0.15) is 5.56 Å². The summed E-state index contributed by atoms with van der Waals surface area (Å²) in [4.78, 5) is 0. The van der Waals surface area contributed by atoms with Crippen LogP contribution in [0.4, 0.5) is 4.39 Å². The second-order valence-electron chi connectivity index (χ2n) is 3.20. The SMILES string of the molecule is C#Cc1ccccc1-c1cccc(F)c1. The number of benzene rings is 2. The zero-order chi connectivity index (χ0) is 10.7. The fraction of sp³-hybridized carbons (Fsp3) is 0. The first-order chi connectivity index (χ1) is 7.31. The molecule has 0 heterocycles. The molecule has 72 valence electrons. The lowest BCUT2D eigenvalue weighted by Gasteiger charge is -2.04. The van der Waals surface area contributed by atoms with Gasteiger partial charge in [0.1, 0.15) is 5.82 Å². The summed E-state index contributed by atoms with van der Waals surface area (Å²) in [7, 11) is 0. The lowest BCUT2D eigenvalue weighted by Crippen LogP contribution is -1.84. The summed E-state index contributed by atoms with van der Waals surface area (Å²) in [6, 6.07) is 13.9. The molecule has 0 spiro atoms. The van der Waals surface area contributed by atoms with E-state index in [1.807, 2.05) is 30.3 Å². The van der Waals surface area contributed by atoms with Crippen LogP contribution in [0.3, 0.4) is 0 Å². The van der Waals surface area contributed by atoms with Crippen LogP contribution in [-0.4, -0.2) is 0 Å². The van der Waals surface area contributed by atoms with E-state index in [2.05, 4.69) is 5.92 Å². The monoisotopic (exact) mass is 196 g/mol. The van der Waals surface area contributed by atoms with Gasteiger partial charge in [-0.15, -0.1) is 6.42 Å². The van der Waals surface area contributed by atoms with Crippen LogP contribution in [0, 0.1) is 18.2 Å². The molecule has 0 saturated heterocycles. The molecule has 0 fully saturated rings. The largest absolute Gasteiger partial charge is 0.207 e. The fourth-order valence-corrected chi connectivity index (χ4v) is 1.52. The Hall–Kier alpha value is -2.07. The van der Waals surface area contributed by atoms with Crippen LogP contribution in [0.2, 0.25) is 0 Å². The van der Waals surface area contributed by atoms with E-state index in [1.54, 1.807) is 6.07 Å². The molecule has 0 atom stereocenters. The van der Waals surface area contributed by atoms with Crippen LogP contribution in [-0.2, 0) is 0 Å². The van der Waals surface area contributed by atoms with Gasteiger partial charge < -0.3 is 0 Å². The van der Waals surface area contributed by atoms with Crippen molar-refractivity contribution in [3.63, 3.8) is 0 Å². The highest BCUT2D eigenvalue weighted by molar-refractivity contribution is 5.70. The highest BCUT2D eigenvalue weighted by Gasteiger charge is 2.02. The summed E-state index contributed by atoms with van der Waals surface area (Å²) in [5, 5.41) is 0. The Labute approximate surface area is 88.4 Å². The number of halogens is 1. The molecule has 0 aliphatic heterocycles. The molecule has 0 N–H and O–H groups in total. The fourth-order valence-electron chi connectivity index (χ4n) is 1.52. The van der Waals surface area contributed by atoms with Crippen molar-refractivity contribution in [3.05, 3.63) is 59.9 Å². The van der Waals surface area contributed by atoms with Crippen molar-refractivity contribution in [3.8, 4) is 23.5 Å². The third kappa shape index (κ3) is 1.89. The molecule has 15 heavy (non-hydrogen) atoms. The Bertz CT molecular complexity index is 521. The Morgan fingerprint density at radius 2 is 1.80 bits per heavy atom. The predicted octanol–water partition coefficient (Wildman–Crippen LogP) is 3.47. The molecule has 0 saturated carbocycles. The van der Waals surface area contributed by atoms with Crippen molar-refractivity contribution in [2.24, 2.45) is 0 Å². The predicted molar refractivity (Wildman–Crippen MR) is 59.8 cm³/mol. The molecule has 0 amide bonds. The van der Waals surface area contributed by atoms with Gasteiger partial charge in [0, 0.05) is 5.56 Å². The van der Waals surface area contributed by atoms with Gasteiger partial charge in [-0.1, -0.05) is 36.3 Å². The Kier molecular flexibility index (Phi) is 2.51. The molecule has 0 nitrogen and oxygen atoms in total. The Balaban J connectivity index is 2.60. The van der Waals surface area contributed by atoms with E-state index in [1.165, 1.54) is 12.1 Å². The molecule has 0 aliphatic carbocycles. The van der Waals surface area contributed by atoms with Crippen molar-refractivity contribution in [2.75, 3.05) is 0 Å². The lowest BCUT2D eigenvalue weighted by atomic mass is 10.0. The average molecular weight is 196 g/mol. The summed E-state index contributed by atoms with van der Waals surface area (Å²) in [6.07, 6.45) is 5.38. The highest BCUT2D eigenvalue weighted by Crippen LogP contribution is 2.23. The first kappa shape index (κ1) is 9.48. The van der Waals surface area contributed by atoms with E-state index in [0.29, 0.717) is 0 Å². The van der Waals surface area contributed by atoms with Crippen LogP contribution >= 0.6 is 0 Å². The van der Waals surface area contributed by atoms with Gasteiger partial charge in [-0.3, -0.25) is 0 Å². The molecule has 1 heteroatoms. The van der Waals surface area contributed by atoms with E-state index < -0.39 is 0 Å². The van der Waals surface area contributed by atoms with Crippen molar-refractivity contribution in [1.82, 2.24) is 0 Å². The van der Waals surface area contributed by atoms with Crippen molar-refractivity contribution < 1.29 is 4.39 Å². The van der Waals surface area contributed by atoms with Gasteiger partial charge in [0.2, 0.25) is 0 Å². The smallest absolute Gasteiger partial charge is 0.123 e. The Morgan fingerprint density at radius 1 is 1.00 bits per heavy atom. The first-order valence-corrected chi connectivity index (χ1v) is 4.63.